The van der Waals surface area contributed by atoms with E-state index in [9.17, 15) is 19.5 Å². The third kappa shape index (κ3) is 1.86. The van der Waals surface area contributed by atoms with Crippen molar-refractivity contribution < 1.29 is 19.5 Å². The van der Waals surface area contributed by atoms with Crippen LogP contribution >= 0.6 is 0 Å². The molecule has 5 heteroatoms. The second kappa shape index (κ2) is 4.30. The number of amides is 2. The van der Waals surface area contributed by atoms with Crippen LogP contribution in [0.1, 0.15) is 58.3 Å². The number of rotatable bonds is 3. The summed E-state index contributed by atoms with van der Waals surface area (Å²) in [5.74, 6) is -1.69. The van der Waals surface area contributed by atoms with Crippen molar-refractivity contribution in [2.24, 2.45) is 11.3 Å². The van der Waals surface area contributed by atoms with E-state index >= 15 is 0 Å². The summed E-state index contributed by atoms with van der Waals surface area (Å²) in [6.07, 6.45) is 6.23. The van der Waals surface area contributed by atoms with Crippen molar-refractivity contribution in [3.8, 4) is 0 Å². The minimum absolute atomic E-state index is 0.0782. The molecule has 2 saturated carbocycles. The maximum absolute atomic E-state index is 12.5. The molecule has 5 nitrogen and oxygen atoms in total. The molecule has 110 valence electrons. The first-order chi connectivity index (χ1) is 9.39. The topological polar surface area (TPSA) is 74.7 Å². The van der Waals surface area contributed by atoms with E-state index in [1.54, 1.807) is 0 Å². The van der Waals surface area contributed by atoms with E-state index in [0.717, 1.165) is 43.4 Å². The zero-order valence-electron chi connectivity index (χ0n) is 11.9. The molecule has 0 radical (unpaired) electrons. The Morgan fingerprint density at radius 2 is 1.70 bits per heavy atom. The molecule has 3 fully saturated rings. The maximum atomic E-state index is 12.5. The molecule has 1 heterocycles. The Labute approximate surface area is 118 Å². The van der Waals surface area contributed by atoms with Crippen LogP contribution in [0.4, 0.5) is 0 Å². The number of nitrogens with zero attached hydrogens (tertiary/aromatic N) is 1. The standard InChI is InChI=1S/C15H21NO4/c1-14(13(19)20,10-4-5-10)16-11(17)8-15(9-12(16)18)6-2-3-7-15/h10H,2-9H2,1H3,(H,19,20). The summed E-state index contributed by atoms with van der Waals surface area (Å²) in [7, 11) is 0. The summed E-state index contributed by atoms with van der Waals surface area (Å²) in [6.45, 7) is 1.54. The van der Waals surface area contributed by atoms with Crippen molar-refractivity contribution in [2.75, 3.05) is 0 Å². The van der Waals surface area contributed by atoms with Gasteiger partial charge in [0.25, 0.3) is 0 Å². The van der Waals surface area contributed by atoms with Crippen LogP contribution in [-0.4, -0.2) is 33.3 Å². The van der Waals surface area contributed by atoms with Crippen molar-refractivity contribution in [2.45, 2.75) is 63.8 Å². The first-order valence-electron chi connectivity index (χ1n) is 7.48. The molecule has 0 bridgehead atoms. The quantitative estimate of drug-likeness (QED) is 0.801. The van der Waals surface area contributed by atoms with Crippen molar-refractivity contribution in [3.63, 3.8) is 0 Å². The largest absolute Gasteiger partial charge is 0.479 e. The smallest absolute Gasteiger partial charge is 0.330 e. The Kier molecular flexibility index (Phi) is 2.92. The number of imide groups is 1. The minimum atomic E-state index is -1.34. The normalized spacial score (nSPS) is 28.8. The van der Waals surface area contributed by atoms with Crippen molar-refractivity contribution in [3.05, 3.63) is 0 Å². The van der Waals surface area contributed by atoms with Gasteiger partial charge >= 0.3 is 5.97 Å². The molecule has 3 rings (SSSR count). The lowest BCUT2D eigenvalue weighted by Crippen LogP contribution is -2.62. The van der Waals surface area contributed by atoms with Gasteiger partial charge in [0.15, 0.2) is 0 Å². The Morgan fingerprint density at radius 1 is 1.20 bits per heavy atom. The molecule has 1 atom stereocenters. The number of piperidine rings is 1. The minimum Gasteiger partial charge on any atom is -0.479 e. The SMILES string of the molecule is CC(C(=O)O)(C1CC1)N1C(=O)CC2(CCCC2)CC1=O. The van der Waals surface area contributed by atoms with Gasteiger partial charge in [0.1, 0.15) is 5.54 Å². The van der Waals surface area contributed by atoms with E-state index < -0.39 is 11.5 Å². The van der Waals surface area contributed by atoms with Gasteiger partial charge in [-0.15, -0.1) is 0 Å². The molecule has 0 aromatic heterocycles. The molecule has 1 aliphatic heterocycles. The van der Waals surface area contributed by atoms with Gasteiger partial charge in [0, 0.05) is 12.8 Å². The first-order valence-corrected chi connectivity index (χ1v) is 7.48. The summed E-state index contributed by atoms with van der Waals surface area (Å²) >= 11 is 0. The molecule has 2 aliphatic carbocycles. The summed E-state index contributed by atoms with van der Waals surface area (Å²) in [5.41, 5.74) is -1.51. The van der Waals surface area contributed by atoms with E-state index in [1.807, 2.05) is 0 Å². The predicted octanol–water partition coefficient (Wildman–Crippen LogP) is 1.95. The van der Waals surface area contributed by atoms with Crippen LogP contribution in [0.25, 0.3) is 0 Å². The van der Waals surface area contributed by atoms with E-state index in [-0.39, 0.29) is 23.1 Å². The molecule has 1 saturated heterocycles. The number of carboxylic acid groups (broad SMARTS) is 1. The number of carbonyl (C=O) groups is 3. The molecule has 1 N–H and O–H groups in total. The molecular weight excluding hydrogens is 258 g/mol. The van der Waals surface area contributed by atoms with Gasteiger partial charge in [-0.05, 0) is 43.9 Å². The highest BCUT2D eigenvalue weighted by Crippen LogP contribution is 2.51. The number of hydrogen-bond acceptors (Lipinski definition) is 3. The summed E-state index contributed by atoms with van der Waals surface area (Å²) in [4.78, 5) is 37.7. The molecule has 0 aromatic carbocycles. The second-order valence-corrected chi connectivity index (χ2v) is 6.91. The van der Waals surface area contributed by atoms with Gasteiger partial charge in [-0.1, -0.05) is 12.8 Å². The van der Waals surface area contributed by atoms with Crippen LogP contribution < -0.4 is 0 Å². The lowest BCUT2D eigenvalue weighted by molar-refractivity contribution is -0.173. The average Bonchev–Trinajstić information content (AvgIpc) is 3.12. The van der Waals surface area contributed by atoms with Crippen molar-refractivity contribution in [1.29, 1.82) is 0 Å². The molecule has 1 spiro atoms. The van der Waals surface area contributed by atoms with Gasteiger partial charge in [0.05, 0.1) is 0 Å². The fraction of sp³-hybridized carbons (Fsp3) is 0.800. The summed E-state index contributed by atoms with van der Waals surface area (Å²) in [5, 5.41) is 9.54. The van der Waals surface area contributed by atoms with Gasteiger partial charge in [-0.3, -0.25) is 14.5 Å². The van der Waals surface area contributed by atoms with Gasteiger partial charge in [-0.2, -0.15) is 0 Å². The van der Waals surface area contributed by atoms with Crippen LogP contribution in [0.3, 0.4) is 0 Å². The highest BCUT2D eigenvalue weighted by atomic mass is 16.4. The van der Waals surface area contributed by atoms with Crippen LogP contribution in [0.5, 0.6) is 0 Å². The lowest BCUT2D eigenvalue weighted by atomic mass is 9.74. The molecular formula is C15H21NO4. The Morgan fingerprint density at radius 3 is 2.10 bits per heavy atom. The van der Waals surface area contributed by atoms with Gasteiger partial charge in [0.2, 0.25) is 11.8 Å². The second-order valence-electron chi connectivity index (χ2n) is 6.91. The summed E-state index contributed by atoms with van der Waals surface area (Å²) in [6, 6.07) is 0. The van der Waals surface area contributed by atoms with Crippen LogP contribution in [0, 0.1) is 11.3 Å². The van der Waals surface area contributed by atoms with Crippen LogP contribution in [0.2, 0.25) is 0 Å². The molecule has 3 aliphatic rings. The molecule has 2 amide bonds. The average molecular weight is 279 g/mol. The number of carbonyl (C=O) groups excluding carboxylic acids is 2. The maximum Gasteiger partial charge on any atom is 0.330 e. The number of aliphatic carboxylic acids is 1. The van der Waals surface area contributed by atoms with Crippen LogP contribution in [-0.2, 0) is 14.4 Å². The van der Waals surface area contributed by atoms with E-state index in [1.165, 1.54) is 6.92 Å². The highest BCUT2D eigenvalue weighted by Gasteiger charge is 2.58. The monoisotopic (exact) mass is 279 g/mol. The predicted molar refractivity (Wildman–Crippen MR) is 70.8 cm³/mol. The van der Waals surface area contributed by atoms with E-state index in [4.69, 9.17) is 0 Å². The number of carboxylic acids is 1. The third-order valence-corrected chi connectivity index (χ3v) is 5.49. The van der Waals surface area contributed by atoms with Gasteiger partial charge in [-0.25, -0.2) is 4.79 Å². The van der Waals surface area contributed by atoms with Gasteiger partial charge < -0.3 is 5.11 Å². The van der Waals surface area contributed by atoms with Crippen molar-refractivity contribution >= 4 is 17.8 Å². The lowest BCUT2D eigenvalue weighted by Gasteiger charge is -2.44. The number of hydrogen-bond donors (Lipinski definition) is 1. The fourth-order valence-corrected chi connectivity index (χ4v) is 4.10. The Bertz CT molecular complexity index is 456. The van der Waals surface area contributed by atoms with E-state index in [0.29, 0.717) is 12.8 Å². The fourth-order valence-electron chi connectivity index (χ4n) is 4.10. The Balaban J connectivity index is 1.89. The van der Waals surface area contributed by atoms with E-state index in [2.05, 4.69) is 0 Å². The zero-order valence-corrected chi connectivity index (χ0v) is 11.9. The Hall–Kier alpha value is -1.39. The third-order valence-electron chi connectivity index (χ3n) is 5.49. The summed E-state index contributed by atoms with van der Waals surface area (Å²) < 4.78 is 0. The first kappa shape index (κ1) is 13.6. The highest BCUT2D eigenvalue weighted by molar-refractivity contribution is 6.03. The zero-order chi connectivity index (χ0) is 14.5. The molecule has 1 unspecified atom stereocenters. The van der Waals surface area contributed by atoms with Crippen LogP contribution in [0.15, 0.2) is 0 Å². The van der Waals surface area contributed by atoms with Crippen molar-refractivity contribution in [1.82, 2.24) is 4.90 Å². The molecule has 20 heavy (non-hydrogen) atoms. The number of likely N-dealkylation sites (tertiary alicyclic amines) is 1. The molecule has 0 aromatic rings.